The van der Waals surface area contributed by atoms with Crippen molar-refractivity contribution < 1.29 is 14.7 Å². The van der Waals surface area contributed by atoms with Gasteiger partial charge in [-0.1, -0.05) is 0 Å². The molecule has 1 amide bonds. The van der Waals surface area contributed by atoms with Crippen molar-refractivity contribution in [2.45, 2.75) is 6.92 Å². The van der Waals surface area contributed by atoms with E-state index in [9.17, 15) is 9.59 Å². The Morgan fingerprint density at radius 1 is 1.25 bits per heavy atom. The molecule has 2 rings (SSSR count). The van der Waals surface area contributed by atoms with Crippen molar-refractivity contribution in [2.75, 3.05) is 11.1 Å². The molecule has 20 heavy (non-hydrogen) atoms. The number of carbonyl (C=O) groups is 2. The molecular weight excluding hydrogens is 258 g/mol. The van der Waals surface area contributed by atoms with Crippen molar-refractivity contribution in [1.82, 2.24) is 4.98 Å². The van der Waals surface area contributed by atoms with Crippen molar-refractivity contribution in [3.05, 3.63) is 53.3 Å². The molecule has 0 unspecified atom stereocenters. The van der Waals surface area contributed by atoms with Crippen LogP contribution in [-0.4, -0.2) is 22.0 Å². The maximum Gasteiger partial charge on any atom is 0.335 e. The van der Waals surface area contributed by atoms with E-state index in [4.69, 9.17) is 10.8 Å². The fraction of sp³-hybridized carbons (Fsp3) is 0.0714. The van der Waals surface area contributed by atoms with E-state index in [1.54, 1.807) is 19.1 Å². The summed E-state index contributed by atoms with van der Waals surface area (Å²) in [7, 11) is 0. The van der Waals surface area contributed by atoms with Gasteiger partial charge in [0, 0.05) is 5.69 Å². The summed E-state index contributed by atoms with van der Waals surface area (Å²) in [4.78, 5) is 26.7. The minimum Gasteiger partial charge on any atom is -0.478 e. The number of carbonyl (C=O) groups excluding carboxylic acids is 1. The Bertz CT molecular complexity index is 666. The smallest absolute Gasteiger partial charge is 0.335 e. The van der Waals surface area contributed by atoms with Gasteiger partial charge in [0.1, 0.15) is 5.69 Å². The van der Waals surface area contributed by atoms with Crippen LogP contribution in [0.25, 0.3) is 0 Å². The van der Waals surface area contributed by atoms with Crippen LogP contribution in [0.2, 0.25) is 0 Å². The summed E-state index contributed by atoms with van der Waals surface area (Å²) in [5.41, 5.74) is 7.58. The SMILES string of the molecule is Cc1cc(C(=O)O)ccc1NC(=O)c1ccc(N)cn1. The molecule has 0 aliphatic heterocycles. The summed E-state index contributed by atoms with van der Waals surface area (Å²) >= 11 is 0. The van der Waals surface area contributed by atoms with E-state index in [0.29, 0.717) is 16.9 Å². The average molecular weight is 271 g/mol. The summed E-state index contributed by atoms with van der Waals surface area (Å²) < 4.78 is 0. The van der Waals surface area contributed by atoms with Gasteiger partial charge in [0.05, 0.1) is 17.4 Å². The molecule has 6 heteroatoms. The molecule has 0 saturated heterocycles. The number of nitrogens with two attached hydrogens (primary N) is 1. The van der Waals surface area contributed by atoms with Gasteiger partial charge in [0.2, 0.25) is 0 Å². The Kier molecular flexibility index (Phi) is 3.65. The third-order valence-electron chi connectivity index (χ3n) is 2.74. The fourth-order valence-corrected chi connectivity index (χ4v) is 1.66. The van der Waals surface area contributed by atoms with Crippen molar-refractivity contribution >= 4 is 23.3 Å². The van der Waals surface area contributed by atoms with Crippen molar-refractivity contribution in [2.24, 2.45) is 0 Å². The van der Waals surface area contributed by atoms with Gasteiger partial charge in [-0.3, -0.25) is 4.79 Å². The zero-order valence-corrected chi connectivity index (χ0v) is 10.8. The molecule has 1 aromatic heterocycles. The second-order valence-corrected chi connectivity index (χ2v) is 4.27. The maximum absolute atomic E-state index is 12.0. The van der Waals surface area contributed by atoms with Gasteiger partial charge in [-0.2, -0.15) is 0 Å². The normalized spacial score (nSPS) is 10.1. The number of rotatable bonds is 3. The monoisotopic (exact) mass is 271 g/mol. The Labute approximate surface area is 115 Å². The molecule has 0 fully saturated rings. The lowest BCUT2D eigenvalue weighted by Crippen LogP contribution is -2.14. The van der Waals surface area contributed by atoms with E-state index in [0.717, 1.165) is 0 Å². The molecule has 0 bridgehead atoms. The van der Waals surface area contributed by atoms with Crippen LogP contribution in [-0.2, 0) is 0 Å². The van der Waals surface area contributed by atoms with Crippen LogP contribution in [0, 0.1) is 6.92 Å². The number of aryl methyl sites for hydroxylation is 1. The lowest BCUT2D eigenvalue weighted by Gasteiger charge is -2.08. The van der Waals surface area contributed by atoms with Crippen molar-refractivity contribution in [1.29, 1.82) is 0 Å². The molecule has 4 N–H and O–H groups in total. The summed E-state index contributed by atoms with van der Waals surface area (Å²) in [5, 5.41) is 11.6. The lowest BCUT2D eigenvalue weighted by atomic mass is 10.1. The Morgan fingerprint density at radius 3 is 2.55 bits per heavy atom. The number of amides is 1. The molecule has 102 valence electrons. The first kappa shape index (κ1) is 13.5. The first-order chi connectivity index (χ1) is 9.47. The number of carboxylic acids is 1. The van der Waals surface area contributed by atoms with Crippen molar-refractivity contribution in [3.63, 3.8) is 0 Å². The van der Waals surface area contributed by atoms with E-state index in [1.807, 2.05) is 0 Å². The number of nitrogen functional groups attached to an aromatic ring is 1. The van der Waals surface area contributed by atoms with Gasteiger partial charge < -0.3 is 16.2 Å². The predicted octanol–water partition coefficient (Wildman–Crippen LogP) is 1.92. The summed E-state index contributed by atoms with van der Waals surface area (Å²) in [5.74, 6) is -1.39. The number of hydrogen-bond donors (Lipinski definition) is 3. The number of nitrogens with one attached hydrogen (secondary N) is 1. The molecule has 0 aliphatic carbocycles. The van der Waals surface area contributed by atoms with E-state index in [1.165, 1.54) is 24.4 Å². The van der Waals surface area contributed by atoms with Gasteiger partial charge in [0.25, 0.3) is 5.91 Å². The quantitative estimate of drug-likeness (QED) is 0.791. The number of aromatic nitrogens is 1. The molecule has 0 atom stereocenters. The standard InChI is InChI=1S/C14H13N3O3/c1-8-6-9(14(19)20)2-4-11(8)17-13(18)12-5-3-10(15)7-16-12/h2-7H,15H2,1H3,(H,17,18)(H,19,20). The number of pyridine rings is 1. The molecule has 6 nitrogen and oxygen atoms in total. The average Bonchev–Trinajstić information content (AvgIpc) is 2.41. The highest BCUT2D eigenvalue weighted by atomic mass is 16.4. The Morgan fingerprint density at radius 2 is 2.00 bits per heavy atom. The topological polar surface area (TPSA) is 105 Å². The molecule has 0 radical (unpaired) electrons. The predicted molar refractivity (Wildman–Crippen MR) is 74.7 cm³/mol. The number of carboxylic acid groups (broad SMARTS) is 1. The first-order valence-electron chi connectivity index (χ1n) is 5.84. The summed E-state index contributed by atoms with van der Waals surface area (Å²) in [6.07, 6.45) is 1.40. The molecule has 0 spiro atoms. The second kappa shape index (κ2) is 5.40. The van der Waals surface area contributed by atoms with Crippen LogP contribution in [0.3, 0.4) is 0 Å². The van der Waals surface area contributed by atoms with Crippen LogP contribution in [0.1, 0.15) is 26.4 Å². The summed E-state index contributed by atoms with van der Waals surface area (Å²) in [6, 6.07) is 7.58. The van der Waals surface area contributed by atoms with Crippen LogP contribution >= 0.6 is 0 Å². The van der Waals surface area contributed by atoms with Crippen LogP contribution in [0.15, 0.2) is 36.5 Å². The molecular formula is C14H13N3O3. The van der Waals surface area contributed by atoms with E-state index < -0.39 is 5.97 Å². The van der Waals surface area contributed by atoms with Gasteiger partial charge >= 0.3 is 5.97 Å². The molecule has 1 heterocycles. The molecule has 2 aromatic rings. The minimum absolute atomic E-state index is 0.172. The van der Waals surface area contributed by atoms with Gasteiger partial charge in [-0.25, -0.2) is 9.78 Å². The number of hydrogen-bond acceptors (Lipinski definition) is 4. The molecule has 0 aliphatic rings. The highest BCUT2D eigenvalue weighted by Crippen LogP contribution is 2.17. The van der Waals surface area contributed by atoms with Gasteiger partial charge in [-0.05, 0) is 42.8 Å². The number of benzene rings is 1. The largest absolute Gasteiger partial charge is 0.478 e. The molecule has 0 saturated carbocycles. The minimum atomic E-state index is -1.01. The van der Waals surface area contributed by atoms with Crippen LogP contribution in [0.4, 0.5) is 11.4 Å². The van der Waals surface area contributed by atoms with Crippen LogP contribution in [0.5, 0.6) is 0 Å². The lowest BCUT2D eigenvalue weighted by molar-refractivity contribution is 0.0696. The number of aromatic carboxylic acids is 1. The first-order valence-corrected chi connectivity index (χ1v) is 5.84. The van der Waals surface area contributed by atoms with E-state index in [-0.39, 0.29) is 17.2 Å². The van der Waals surface area contributed by atoms with Crippen molar-refractivity contribution in [3.8, 4) is 0 Å². The fourth-order valence-electron chi connectivity index (χ4n) is 1.66. The second-order valence-electron chi connectivity index (χ2n) is 4.27. The van der Waals surface area contributed by atoms with Gasteiger partial charge in [-0.15, -0.1) is 0 Å². The maximum atomic E-state index is 12.0. The van der Waals surface area contributed by atoms with E-state index >= 15 is 0 Å². The third-order valence-corrected chi connectivity index (χ3v) is 2.74. The Hall–Kier alpha value is -2.89. The summed E-state index contributed by atoms with van der Waals surface area (Å²) in [6.45, 7) is 1.72. The third kappa shape index (κ3) is 2.92. The zero-order chi connectivity index (χ0) is 14.7. The van der Waals surface area contributed by atoms with Gasteiger partial charge in [0.15, 0.2) is 0 Å². The van der Waals surface area contributed by atoms with E-state index in [2.05, 4.69) is 10.3 Å². The number of nitrogens with zero attached hydrogens (tertiary/aromatic N) is 1. The number of anilines is 2. The van der Waals surface area contributed by atoms with Crippen LogP contribution < -0.4 is 11.1 Å². The highest BCUT2D eigenvalue weighted by molar-refractivity contribution is 6.03. The molecule has 1 aromatic carbocycles. The highest BCUT2D eigenvalue weighted by Gasteiger charge is 2.10. The Balaban J connectivity index is 2.19. The zero-order valence-electron chi connectivity index (χ0n) is 10.8.